The molecular weight excluding hydrogens is 399 g/mol. The summed E-state index contributed by atoms with van der Waals surface area (Å²) in [5.74, 6) is 0.973. The first-order valence-electron chi connectivity index (χ1n) is 8.11. The van der Waals surface area contributed by atoms with Crippen LogP contribution >= 0.6 is 23.2 Å². The highest BCUT2D eigenvalue weighted by Gasteiger charge is 2.32. The molecule has 0 bridgehead atoms. The van der Waals surface area contributed by atoms with Crippen LogP contribution in [0.5, 0.6) is 0 Å². The number of halogens is 2. The standard InChI is InChI=1S/C17H18Cl2N2O4S/c1-21(12-6-7-26(23,24)10-12)17(22)5-4-16-20-9-15(25-16)13-3-2-11(18)8-14(13)19/h2-3,8-9,12H,4-7,10H2,1H3. The van der Waals surface area contributed by atoms with Crippen molar-refractivity contribution in [1.82, 2.24) is 9.88 Å². The van der Waals surface area contributed by atoms with Gasteiger partial charge in [0.25, 0.3) is 0 Å². The van der Waals surface area contributed by atoms with Gasteiger partial charge in [0, 0.05) is 36.5 Å². The van der Waals surface area contributed by atoms with Crippen LogP contribution in [0.4, 0.5) is 0 Å². The van der Waals surface area contributed by atoms with Crippen LogP contribution in [0.25, 0.3) is 11.3 Å². The molecule has 0 saturated carbocycles. The predicted molar refractivity (Wildman–Crippen MR) is 100 cm³/mol. The molecular formula is C17H18Cl2N2O4S. The first-order valence-corrected chi connectivity index (χ1v) is 10.7. The Morgan fingerprint density at radius 1 is 1.38 bits per heavy atom. The fourth-order valence-electron chi connectivity index (χ4n) is 2.91. The quantitative estimate of drug-likeness (QED) is 0.746. The molecule has 1 unspecified atom stereocenters. The highest BCUT2D eigenvalue weighted by molar-refractivity contribution is 7.91. The predicted octanol–water partition coefficient (Wildman–Crippen LogP) is 3.23. The lowest BCUT2D eigenvalue weighted by molar-refractivity contribution is -0.131. The van der Waals surface area contributed by atoms with E-state index in [2.05, 4.69) is 4.98 Å². The molecule has 2 heterocycles. The van der Waals surface area contributed by atoms with Crippen molar-refractivity contribution in [3.05, 3.63) is 40.3 Å². The third kappa shape index (κ3) is 4.39. The average Bonchev–Trinajstić information content (AvgIpc) is 3.18. The Morgan fingerprint density at radius 3 is 2.81 bits per heavy atom. The summed E-state index contributed by atoms with van der Waals surface area (Å²) in [7, 11) is -1.38. The number of carbonyl (C=O) groups is 1. The molecule has 2 aromatic rings. The average molecular weight is 417 g/mol. The maximum absolute atomic E-state index is 12.3. The van der Waals surface area contributed by atoms with E-state index >= 15 is 0 Å². The van der Waals surface area contributed by atoms with E-state index in [9.17, 15) is 13.2 Å². The van der Waals surface area contributed by atoms with Crippen LogP contribution in [0.15, 0.2) is 28.8 Å². The second-order valence-electron chi connectivity index (χ2n) is 6.30. The Bertz CT molecular complexity index is 927. The lowest BCUT2D eigenvalue weighted by Crippen LogP contribution is -2.37. The lowest BCUT2D eigenvalue weighted by Gasteiger charge is -2.23. The summed E-state index contributed by atoms with van der Waals surface area (Å²) in [6.45, 7) is 0. The maximum Gasteiger partial charge on any atom is 0.223 e. The molecule has 1 saturated heterocycles. The van der Waals surface area contributed by atoms with Crippen LogP contribution in [0.1, 0.15) is 18.7 Å². The lowest BCUT2D eigenvalue weighted by atomic mass is 10.2. The minimum absolute atomic E-state index is 0.0352. The van der Waals surface area contributed by atoms with Gasteiger partial charge < -0.3 is 9.32 Å². The van der Waals surface area contributed by atoms with Crippen molar-refractivity contribution in [2.45, 2.75) is 25.3 Å². The number of aromatic nitrogens is 1. The number of hydrogen-bond donors (Lipinski definition) is 0. The van der Waals surface area contributed by atoms with Crippen LogP contribution < -0.4 is 0 Å². The Morgan fingerprint density at radius 2 is 2.15 bits per heavy atom. The van der Waals surface area contributed by atoms with Crippen LogP contribution in [-0.2, 0) is 21.1 Å². The number of rotatable bonds is 5. The Kier molecular flexibility index (Phi) is 5.60. The SMILES string of the molecule is CN(C(=O)CCc1ncc(-c2ccc(Cl)cc2Cl)o1)C1CCS(=O)(=O)C1. The van der Waals surface area contributed by atoms with E-state index in [1.165, 1.54) is 4.90 Å². The van der Waals surface area contributed by atoms with E-state index in [0.29, 0.717) is 40.1 Å². The van der Waals surface area contributed by atoms with Gasteiger partial charge in [-0.1, -0.05) is 23.2 Å². The Hall–Kier alpha value is -1.57. The molecule has 1 amide bonds. The van der Waals surface area contributed by atoms with E-state index in [1.807, 2.05) is 0 Å². The van der Waals surface area contributed by atoms with Crippen molar-refractivity contribution in [3.8, 4) is 11.3 Å². The molecule has 1 aliphatic rings. The second-order valence-corrected chi connectivity index (χ2v) is 9.38. The second kappa shape index (κ2) is 7.58. The van der Waals surface area contributed by atoms with Crippen molar-refractivity contribution in [2.75, 3.05) is 18.6 Å². The van der Waals surface area contributed by atoms with Crippen LogP contribution in [-0.4, -0.2) is 48.8 Å². The van der Waals surface area contributed by atoms with Crippen LogP contribution in [0.3, 0.4) is 0 Å². The van der Waals surface area contributed by atoms with Crippen molar-refractivity contribution < 1.29 is 17.6 Å². The minimum atomic E-state index is -3.02. The number of nitrogens with zero attached hydrogens (tertiary/aromatic N) is 2. The van der Waals surface area contributed by atoms with E-state index in [-0.39, 0.29) is 29.9 Å². The van der Waals surface area contributed by atoms with E-state index in [1.54, 1.807) is 31.4 Å². The molecule has 3 rings (SSSR count). The van der Waals surface area contributed by atoms with Gasteiger partial charge >= 0.3 is 0 Å². The van der Waals surface area contributed by atoms with Gasteiger partial charge in [-0.3, -0.25) is 4.79 Å². The topological polar surface area (TPSA) is 80.5 Å². The maximum atomic E-state index is 12.3. The Balaban J connectivity index is 1.60. The highest BCUT2D eigenvalue weighted by Crippen LogP contribution is 2.31. The van der Waals surface area contributed by atoms with Gasteiger partial charge in [-0.2, -0.15) is 0 Å². The number of oxazole rings is 1. The molecule has 0 radical (unpaired) electrons. The van der Waals surface area contributed by atoms with Gasteiger partial charge in [0.15, 0.2) is 21.5 Å². The fraction of sp³-hybridized carbons (Fsp3) is 0.412. The summed E-state index contributed by atoms with van der Waals surface area (Å²) in [4.78, 5) is 18.0. The molecule has 9 heteroatoms. The number of amides is 1. The van der Waals surface area contributed by atoms with Crippen molar-refractivity contribution in [3.63, 3.8) is 0 Å². The summed E-state index contributed by atoms with van der Waals surface area (Å²) in [5, 5.41) is 0.986. The largest absolute Gasteiger partial charge is 0.441 e. The molecule has 1 aromatic heterocycles. The zero-order chi connectivity index (χ0) is 18.9. The van der Waals surface area contributed by atoms with Gasteiger partial charge in [-0.25, -0.2) is 13.4 Å². The molecule has 0 spiro atoms. The van der Waals surface area contributed by atoms with Crippen molar-refractivity contribution >= 4 is 38.9 Å². The molecule has 0 aliphatic carbocycles. The molecule has 26 heavy (non-hydrogen) atoms. The molecule has 1 atom stereocenters. The smallest absolute Gasteiger partial charge is 0.223 e. The van der Waals surface area contributed by atoms with Gasteiger partial charge in [0.05, 0.1) is 22.7 Å². The summed E-state index contributed by atoms with van der Waals surface area (Å²) < 4.78 is 28.8. The summed E-state index contributed by atoms with van der Waals surface area (Å²) in [6.07, 6.45) is 2.57. The molecule has 140 valence electrons. The fourth-order valence-corrected chi connectivity index (χ4v) is 5.19. The molecule has 6 nitrogen and oxygen atoms in total. The zero-order valence-corrected chi connectivity index (χ0v) is 16.4. The van der Waals surface area contributed by atoms with Crippen molar-refractivity contribution in [1.29, 1.82) is 0 Å². The highest BCUT2D eigenvalue weighted by atomic mass is 35.5. The van der Waals surface area contributed by atoms with E-state index in [4.69, 9.17) is 27.6 Å². The molecule has 1 fully saturated rings. The number of aryl methyl sites for hydroxylation is 1. The van der Waals surface area contributed by atoms with Gasteiger partial charge in [-0.05, 0) is 24.6 Å². The first-order chi connectivity index (χ1) is 12.2. The first kappa shape index (κ1) is 19.2. The Labute approximate surface area is 162 Å². The number of carbonyl (C=O) groups excluding carboxylic acids is 1. The number of benzene rings is 1. The van der Waals surface area contributed by atoms with Gasteiger partial charge in [0.2, 0.25) is 5.91 Å². The van der Waals surface area contributed by atoms with E-state index < -0.39 is 9.84 Å². The monoisotopic (exact) mass is 416 g/mol. The molecule has 0 N–H and O–H groups in total. The van der Waals surface area contributed by atoms with Crippen molar-refractivity contribution in [2.24, 2.45) is 0 Å². The molecule has 1 aliphatic heterocycles. The number of hydrogen-bond acceptors (Lipinski definition) is 5. The third-order valence-corrected chi connectivity index (χ3v) is 6.75. The number of sulfone groups is 1. The van der Waals surface area contributed by atoms with Crippen LogP contribution in [0.2, 0.25) is 10.0 Å². The third-order valence-electron chi connectivity index (χ3n) is 4.45. The summed E-state index contributed by atoms with van der Waals surface area (Å²) in [5.41, 5.74) is 0.675. The zero-order valence-electron chi connectivity index (χ0n) is 14.1. The van der Waals surface area contributed by atoms with E-state index in [0.717, 1.165) is 0 Å². The minimum Gasteiger partial charge on any atom is -0.441 e. The summed E-state index contributed by atoms with van der Waals surface area (Å²) >= 11 is 12.0. The molecule has 1 aromatic carbocycles. The van der Waals surface area contributed by atoms with Crippen LogP contribution in [0, 0.1) is 0 Å². The van der Waals surface area contributed by atoms with Gasteiger partial charge in [0.1, 0.15) is 0 Å². The normalized spacial score (nSPS) is 18.8. The summed E-state index contributed by atoms with van der Waals surface area (Å²) in [6, 6.07) is 4.82. The van der Waals surface area contributed by atoms with Gasteiger partial charge in [-0.15, -0.1) is 0 Å².